The van der Waals surface area contributed by atoms with Crippen LogP contribution in [0.3, 0.4) is 0 Å². The smallest absolute Gasteiger partial charge is 0.338 e. The molecule has 0 aliphatic carbocycles. The number of benzene rings is 2. The third kappa shape index (κ3) is 4.10. The number of hydrogen-bond acceptors (Lipinski definition) is 3. The lowest BCUT2D eigenvalue weighted by molar-refractivity contribution is 0.0396. The van der Waals surface area contributed by atoms with E-state index >= 15 is 0 Å². The maximum Gasteiger partial charge on any atom is 0.338 e. The second-order valence-electron chi connectivity index (χ2n) is 4.54. The van der Waals surface area contributed by atoms with E-state index in [0.29, 0.717) is 12.0 Å². The molecule has 1 unspecified atom stereocenters. The highest BCUT2D eigenvalue weighted by Gasteiger charge is 2.14. The van der Waals surface area contributed by atoms with Gasteiger partial charge in [-0.25, -0.2) is 4.79 Å². The third-order valence-corrected chi connectivity index (χ3v) is 3.28. The fourth-order valence-electron chi connectivity index (χ4n) is 1.86. The summed E-state index contributed by atoms with van der Waals surface area (Å²) in [6.07, 6.45) is 1.56. The van der Waals surface area contributed by atoms with E-state index in [2.05, 4.69) is 6.58 Å². The van der Waals surface area contributed by atoms with E-state index in [9.17, 15) is 9.90 Å². The van der Waals surface area contributed by atoms with Crippen LogP contribution in [0.4, 0.5) is 0 Å². The van der Waals surface area contributed by atoms with Gasteiger partial charge in [0, 0.05) is 6.42 Å². The van der Waals surface area contributed by atoms with Gasteiger partial charge in [-0.05, 0) is 29.8 Å². The van der Waals surface area contributed by atoms with Crippen molar-refractivity contribution >= 4 is 17.6 Å². The standard InChI is InChI=1S/C17H15ClO3/c1-2-14(10-12-8-9-16(19)15(18)11-12)21-17(20)13-6-4-3-5-7-13/h2-9,11,14,19H,1,10H2. The average molecular weight is 303 g/mol. The van der Waals surface area contributed by atoms with Crippen LogP contribution in [0.15, 0.2) is 61.2 Å². The van der Waals surface area contributed by atoms with Crippen molar-refractivity contribution in [3.05, 3.63) is 77.3 Å². The average Bonchev–Trinajstić information content (AvgIpc) is 2.51. The summed E-state index contributed by atoms with van der Waals surface area (Å²) in [7, 11) is 0. The van der Waals surface area contributed by atoms with Crippen molar-refractivity contribution in [1.29, 1.82) is 0 Å². The molecule has 0 saturated carbocycles. The molecule has 21 heavy (non-hydrogen) atoms. The molecule has 108 valence electrons. The van der Waals surface area contributed by atoms with E-state index in [-0.39, 0.29) is 10.8 Å². The van der Waals surface area contributed by atoms with Crippen LogP contribution in [0.25, 0.3) is 0 Å². The summed E-state index contributed by atoms with van der Waals surface area (Å²) in [6, 6.07) is 13.7. The van der Waals surface area contributed by atoms with Crippen molar-refractivity contribution in [3.8, 4) is 5.75 Å². The molecule has 0 fully saturated rings. The number of phenolic OH excluding ortho intramolecular Hbond substituents is 1. The first-order valence-electron chi connectivity index (χ1n) is 6.46. The predicted octanol–water partition coefficient (Wildman–Crippen LogP) is 4.00. The number of carbonyl (C=O) groups excluding carboxylic acids is 1. The van der Waals surface area contributed by atoms with Crippen molar-refractivity contribution in [2.45, 2.75) is 12.5 Å². The van der Waals surface area contributed by atoms with E-state index in [1.54, 1.807) is 42.5 Å². The molecule has 1 N–H and O–H groups in total. The van der Waals surface area contributed by atoms with Gasteiger partial charge in [0.1, 0.15) is 11.9 Å². The van der Waals surface area contributed by atoms with Gasteiger partial charge in [-0.1, -0.05) is 48.5 Å². The Morgan fingerprint density at radius 2 is 2.00 bits per heavy atom. The van der Waals surface area contributed by atoms with E-state index in [4.69, 9.17) is 16.3 Å². The molecule has 0 bridgehead atoms. The predicted molar refractivity (Wildman–Crippen MR) is 82.7 cm³/mol. The third-order valence-electron chi connectivity index (χ3n) is 2.98. The van der Waals surface area contributed by atoms with Gasteiger partial charge in [0.2, 0.25) is 0 Å². The Bertz CT molecular complexity index is 638. The number of phenols is 1. The fourth-order valence-corrected chi connectivity index (χ4v) is 2.07. The van der Waals surface area contributed by atoms with Crippen molar-refractivity contribution < 1.29 is 14.6 Å². The molecule has 2 aromatic rings. The number of rotatable bonds is 5. The van der Waals surface area contributed by atoms with Gasteiger partial charge in [0.15, 0.2) is 0 Å². The van der Waals surface area contributed by atoms with Gasteiger partial charge >= 0.3 is 5.97 Å². The van der Waals surface area contributed by atoms with E-state index in [0.717, 1.165) is 5.56 Å². The number of halogens is 1. The Labute approximate surface area is 128 Å². The van der Waals surface area contributed by atoms with Gasteiger partial charge in [0.25, 0.3) is 0 Å². The summed E-state index contributed by atoms with van der Waals surface area (Å²) in [4.78, 5) is 12.0. The molecule has 0 amide bonds. The molecule has 2 rings (SSSR count). The number of esters is 1. The van der Waals surface area contributed by atoms with Crippen LogP contribution in [0, 0.1) is 0 Å². The fraction of sp³-hybridized carbons (Fsp3) is 0.118. The lowest BCUT2D eigenvalue weighted by atomic mass is 10.1. The highest BCUT2D eigenvalue weighted by Crippen LogP contribution is 2.24. The van der Waals surface area contributed by atoms with Crippen LogP contribution >= 0.6 is 11.6 Å². The summed E-state index contributed by atoms with van der Waals surface area (Å²) in [5.74, 6) is -0.373. The van der Waals surface area contributed by atoms with E-state index in [1.165, 1.54) is 6.07 Å². The van der Waals surface area contributed by atoms with Gasteiger partial charge < -0.3 is 9.84 Å². The minimum Gasteiger partial charge on any atom is -0.506 e. The lowest BCUT2D eigenvalue weighted by Crippen LogP contribution is -2.18. The summed E-state index contributed by atoms with van der Waals surface area (Å²) < 4.78 is 5.40. The monoisotopic (exact) mass is 302 g/mol. The Balaban J connectivity index is 2.05. The van der Waals surface area contributed by atoms with E-state index < -0.39 is 12.1 Å². The normalized spacial score (nSPS) is 11.7. The van der Waals surface area contributed by atoms with Crippen LogP contribution in [0.2, 0.25) is 5.02 Å². The van der Waals surface area contributed by atoms with Crippen molar-refractivity contribution in [1.82, 2.24) is 0 Å². The first kappa shape index (κ1) is 15.1. The summed E-state index contributed by atoms with van der Waals surface area (Å²) in [5.41, 5.74) is 1.34. The number of hydrogen-bond donors (Lipinski definition) is 1. The molecular formula is C17H15ClO3. The maximum absolute atomic E-state index is 12.0. The molecule has 0 spiro atoms. The Morgan fingerprint density at radius 1 is 1.29 bits per heavy atom. The number of aromatic hydroxyl groups is 1. The second kappa shape index (κ2) is 6.95. The van der Waals surface area contributed by atoms with Gasteiger partial charge in [-0.3, -0.25) is 0 Å². The maximum atomic E-state index is 12.0. The highest BCUT2D eigenvalue weighted by atomic mass is 35.5. The molecular weight excluding hydrogens is 288 g/mol. The first-order valence-corrected chi connectivity index (χ1v) is 6.84. The number of carbonyl (C=O) groups is 1. The molecule has 2 aromatic carbocycles. The minimum atomic E-state index is -0.460. The van der Waals surface area contributed by atoms with Crippen molar-refractivity contribution in [3.63, 3.8) is 0 Å². The number of ether oxygens (including phenoxy) is 1. The van der Waals surface area contributed by atoms with Crippen LogP contribution in [0.5, 0.6) is 5.75 Å². The second-order valence-corrected chi connectivity index (χ2v) is 4.94. The van der Waals surface area contributed by atoms with Crippen molar-refractivity contribution in [2.24, 2.45) is 0 Å². The highest BCUT2D eigenvalue weighted by molar-refractivity contribution is 6.32. The SMILES string of the molecule is C=CC(Cc1ccc(O)c(Cl)c1)OC(=O)c1ccccc1. The zero-order chi connectivity index (χ0) is 15.2. The minimum absolute atomic E-state index is 0.0249. The van der Waals surface area contributed by atoms with Crippen LogP contribution < -0.4 is 0 Å². The Kier molecular flexibility index (Phi) is 5.01. The first-order chi connectivity index (χ1) is 10.1. The summed E-state index contributed by atoms with van der Waals surface area (Å²) >= 11 is 5.86. The summed E-state index contributed by atoms with van der Waals surface area (Å²) in [6.45, 7) is 3.68. The van der Waals surface area contributed by atoms with Crippen LogP contribution in [0.1, 0.15) is 15.9 Å². The molecule has 1 atom stereocenters. The molecule has 0 heterocycles. The molecule has 0 saturated heterocycles. The molecule has 4 heteroatoms. The zero-order valence-corrected chi connectivity index (χ0v) is 12.1. The lowest BCUT2D eigenvalue weighted by Gasteiger charge is -2.14. The molecule has 0 aliphatic heterocycles. The topological polar surface area (TPSA) is 46.5 Å². The largest absolute Gasteiger partial charge is 0.506 e. The molecule has 0 aliphatic rings. The van der Waals surface area contributed by atoms with E-state index in [1.807, 2.05) is 6.07 Å². The van der Waals surface area contributed by atoms with Crippen molar-refractivity contribution in [2.75, 3.05) is 0 Å². The molecule has 0 radical (unpaired) electrons. The van der Waals surface area contributed by atoms with Gasteiger partial charge in [-0.2, -0.15) is 0 Å². The van der Waals surface area contributed by atoms with Crippen LogP contribution in [-0.4, -0.2) is 17.2 Å². The van der Waals surface area contributed by atoms with Gasteiger partial charge in [-0.15, -0.1) is 0 Å². The van der Waals surface area contributed by atoms with Crippen LogP contribution in [-0.2, 0) is 11.2 Å². The Morgan fingerprint density at radius 3 is 2.62 bits per heavy atom. The van der Waals surface area contributed by atoms with Gasteiger partial charge in [0.05, 0.1) is 10.6 Å². The molecule has 3 nitrogen and oxygen atoms in total. The zero-order valence-electron chi connectivity index (χ0n) is 11.3. The Hall–Kier alpha value is -2.26. The quantitative estimate of drug-likeness (QED) is 0.671. The summed E-state index contributed by atoms with van der Waals surface area (Å²) in [5, 5.41) is 9.66. The molecule has 0 aromatic heterocycles.